The molecular formula is C38H38N4O4. The van der Waals surface area contributed by atoms with Crippen molar-refractivity contribution < 1.29 is 19.5 Å². The molecule has 0 saturated carbocycles. The number of amides is 3. The van der Waals surface area contributed by atoms with Crippen molar-refractivity contribution in [2.24, 2.45) is 0 Å². The van der Waals surface area contributed by atoms with Gasteiger partial charge in [-0.3, -0.25) is 14.4 Å². The number of benzene rings is 4. The first-order chi connectivity index (χ1) is 22.4. The number of carbonyl (C=O) groups is 3. The van der Waals surface area contributed by atoms with Gasteiger partial charge in [-0.1, -0.05) is 97.1 Å². The summed E-state index contributed by atoms with van der Waals surface area (Å²) in [6.07, 6.45) is 2.09. The molecule has 0 aliphatic carbocycles. The third-order valence-corrected chi connectivity index (χ3v) is 8.67. The molecule has 2 atom stereocenters. The zero-order chi connectivity index (χ0) is 32.0. The molecule has 3 amide bonds. The standard InChI is InChI=1S/C38H38N4O4/c1-2-22-40-27-37(45)41-34(24-29-16-19-33(43)20-17-29)38(46)39(25-30-12-9-15-32(23-30)31-13-7-4-8-14-31)26-35(41)42(40)36(44)21-18-28-10-5-3-6-11-28/h2-17,19-20,23,34-35,43H,1,18,21-22,24-27H2/t34-,35-/m0/s1. The van der Waals surface area contributed by atoms with E-state index in [4.69, 9.17) is 0 Å². The minimum atomic E-state index is -0.816. The monoisotopic (exact) mass is 614 g/mol. The Kier molecular flexibility index (Phi) is 9.26. The Hall–Kier alpha value is -5.21. The van der Waals surface area contributed by atoms with Crippen molar-refractivity contribution in [3.8, 4) is 16.9 Å². The Labute approximate surface area is 269 Å². The maximum absolute atomic E-state index is 14.3. The average Bonchev–Trinajstić information content (AvgIpc) is 3.07. The molecule has 0 radical (unpaired) electrons. The summed E-state index contributed by atoms with van der Waals surface area (Å²) >= 11 is 0. The maximum Gasteiger partial charge on any atom is 0.246 e. The number of carbonyl (C=O) groups excluding carboxylic acids is 3. The summed E-state index contributed by atoms with van der Waals surface area (Å²) in [5, 5.41) is 13.3. The third kappa shape index (κ3) is 6.72. The van der Waals surface area contributed by atoms with Crippen LogP contribution in [0.25, 0.3) is 11.1 Å². The molecule has 4 aromatic carbocycles. The maximum atomic E-state index is 14.3. The Morgan fingerprint density at radius 2 is 1.50 bits per heavy atom. The summed E-state index contributed by atoms with van der Waals surface area (Å²) in [5.41, 5.74) is 4.95. The highest BCUT2D eigenvalue weighted by Gasteiger charge is 2.50. The number of phenols is 1. The lowest BCUT2D eigenvalue weighted by Gasteiger charge is -2.55. The summed E-state index contributed by atoms with van der Waals surface area (Å²) in [6, 6.07) is 33.9. The van der Waals surface area contributed by atoms with Gasteiger partial charge in [0.15, 0.2) is 0 Å². The molecule has 2 fully saturated rings. The lowest BCUT2D eigenvalue weighted by Crippen LogP contribution is -2.75. The van der Waals surface area contributed by atoms with E-state index in [1.807, 2.05) is 66.7 Å². The zero-order valence-electron chi connectivity index (χ0n) is 25.7. The van der Waals surface area contributed by atoms with Crippen molar-refractivity contribution in [3.63, 3.8) is 0 Å². The second-order valence-electron chi connectivity index (χ2n) is 11.8. The largest absolute Gasteiger partial charge is 0.508 e. The minimum absolute atomic E-state index is 0.0297. The van der Waals surface area contributed by atoms with Crippen LogP contribution in [0.2, 0.25) is 0 Å². The van der Waals surface area contributed by atoms with E-state index in [0.717, 1.165) is 27.8 Å². The summed E-state index contributed by atoms with van der Waals surface area (Å²) in [5.74, 6) is -0.365. The molecule has 4 aromatic rings. The van der Waals surface area contributed by atoms with Crippen LogP contribution in [0, 0.1) is 0 Å². The number of aryl methyl sites for hydroxylation is 1. The molecule has 0 unspecified atom stereocenters. The van der Waals surface area contributed by atoms with Crippen molar-refractivity contribution in [2.75, 3.05) is 19.6 Å². The molecule has 1 N–H and O–H groups in total. The molecule has 0 aromatic heterocycles. The number of aromatic hydroxyl groups is 1. The molecular weight excluding hydrogens is 576 g/mol. The van der Waals surface area contributed by atoms with Crippen molar-refractivity contribution in [2.45, 2.75) is 38.0 Å². The van der Waals surface area contributed by atoms with Gasteiger partial charge in [0.05, 0.1) is 13.1 Å². The molecule has 2 saturated heterocycles. The highest BCUT2D eigenvalue weighted by molar-refractivity contribution is 5.92. The van der Waals surface area contributed by atoms with Crippen molar-refractivity contribution in [1.82, 2.24) is 19.8 Å². The average molecular weight is 615 g/mol. The second-order valence-corrected chi connectivity index (χ2v) is 11.8. The van der Waals surface area contributed by atoms with Gasteiger partial charge in [0.25, 0.3) is 0 Å². The molecule has 6 rings (SSSR count). The van der Waals surface area contributed by atoms with Crippen LogP contribution in [-0.4, -0.2) is 74.5 Å². The van der Waals surface area contributed by atoms with Gasteiger partial charge in [0, 0.05) is 25.9 Å². The molecule has 2 heterocycles. The van der Waals surface area contributed by atoms with Crippen LogP contribution in [0.5, 0.6) is 5.75 Å². The van der Waals surface area contributed by atoms with Gasteiger partial charge in [-0.2, -0.15) is 0 Å². The quantitative estimate of drug-likeness (QED) is 0.253. The number of piperazine rings is 1. The molecule has 0 bridgehead atoms. The van der Waals surface area contributed by atoms with Gasteiger partial charge >= 0.3 is 0 Å². The molecule has 0 spiro atoms. The number of fused-ring (bicyclic) bond motifs is 1. The molecule has 234 valence electrons. The Morgan fingerprint density at radius 3 is 2.22 bits per heavy atom. The van der Waals surface area contributed by atoms with Gasteiger partial charge in [0.2, 0.25) is 17.7 Å². The van der Waals surface area contributed by atoms with Gasteiger partial charge in [0.1, 0.15) is 18.0 Å². The molecule has 2 aliphatic heterocycles. The normalized spacial score (nSPS) is 18.4. The summed E-state index contributed by atoms with van der Waals surface area (Å²) in [6.45, 7) is 4.68. The van der Waals surface area contributed by atoms with E-state index in [2.05, 4.69) is 24.8 Å². The second kappa shape index (κ2) is 13.8. The number of phenolic OH excluding ortho intramolecular Hbond substituents is 1. The van der Waals surface area contributed by atoms with Crippen molar-refractivity contribution in [1.29, 1.82) is 0 Å². The zero-order valence-corrected chi connectivity index (χ0v) is 25.7. The third-order valence-electron chi connectivity index (χ3n) is 8.67. The van der Waals surface area contributed by atoms with E-state index in [0.29, 0.717) is 19.5 Å². The number of nitrogens with zero attached hydrogens (tertiary/aromatic N) is 4. The van der Waals surface area contributed by atoms with Gasteiger partial charge in [-0.05, 0) is 52.4 Å². The molecule has 46 heavy (non-hydrogen) atoms. The number of hydrazine groups is 1. The fraction of sp³-hybridized carbons (Fsp3) is 0.237. The van der Waals surface area contributed by atoms with Crippen LogP contribution in [-0.2, 0) is 33.8 Å². The Balaban J connectivity index is 1.34. The predicted octanol–water partition coefficient (Wildman–Crippen LogP) is 5.05. The van der Waals surface area contributed by atoms with Crippen LogP contribution in [0.4, 0.5) is 0 Å². The Morgan fingerprint density at radius 1 is 0.826 bits per heavy atom. The molecule has 2 aliphatic rings. The number of hydrogen-bond donors (Lipinski definition) is 1. The van der Waals surface area contributed by atoms with E-state index >= 15 is 0 Å². The van der Waals surface area contributed by atoms with Crippen LogP contribution >= 0.6 is 0 Å². The first-order valence-electron chi connectivity index (χ1n) is 15.6. The lowest BCUT2D eigenvalue weighted by molar-refractivity contribution is -0.205. The van der Waals surface area contributed by atoms with Crippen LogP contribution in [0.15, 0.2) is 122 Å². The van der Waals surface area contributed by atoms with E-state index in [-0.39, 0.29) is 49.4 Å². The minimum Gasteiger partial charge on any atom is -0.508 e. The highest BCUT2D eigenvalue weighted by Crippen LogP contribution is 2.31. The fourth-order valence-electron chi connectivity index (χ4n) is 6.47. The SMILES string of the molecule is C=CCN1CC(=O)N2[C@@H](Cc3ccc(O)cc3)C(=O)N(Cc3cccc(-c4ccccc4)c3)C[C@@H]2N1C(=O)CCc1ccccc1. The first kappa shape index (κ1) is 30.8. The lowest BCUT2D eigenvalue weighted by atomic mass is 9.97. The summed E-state index contributed by atoms with van der Waals surface area (Å²) < 4.78 is 0. The summed E-state index contributed by atoms with van der Waals surface area (Å²) in [4.78, 5) is 45.6. The fourth-order valence-corrected chi connectivity index (χ4v) is 6.47. The van der Waals surface area contributed by atoms with Crippen LogP contribution in [0.1, 0.15) is 23.1 Å². The predicted molar refractivity (Wildman–Crippen MR) is 177 cm³/mol. The van der Waals surface area contributed by atoms with Crippen LogP contribution in [0.3, 0.4) is 0 Å². The Bertz CT molecular complexity index is 1690. The van der Waals surface area contributed by atoms with Gasteiger partial charge in [-0.25, -0.2) is 10.0 Å². The first-order valence-corrected chi connectivity index (χ1v) is 15.6. The van der Waals surface area contributed by atoms with Gasteiger partial charge in [-0.15, -0.1) is 6.58 Å². The summed E-state index contributed by atoms with van der Waals surface area (Å²) in [7, 11) is 0. The van der Waals surface area contributed by atoms with E-state index in [9.17, 15) is 19.5 Å². The van der Waals surface area contributed by atoms with E-state index < -0.39 is 12.2 Å². The van der Waals surface area contributed by atoms with Crippen molar-refractivity contribution in [3.05, 3.63) is 139 Å². The highest BCUT2D eigenvalue weighted by atomic mass is 16.3. The van der Waals surface area contributed by atoms with Crippen LogP contribution < -0.4 is 0 Å². The van der Waals surface area contributed by atoms with Crippen molar-refractivity contribution >= 4 is 17.7 Å². The topological polar surface area (TPSA) is 84.4 Å². The van der Waals surface area contributed by atoms with E-state index in [1.165, 1.54) is 0 Å². The molecule has 8 heteroatoms. The smallest absolute Gasteiger partial charge is 0.246 e. The van der Waals surface area contributed by atoms with Gasteiger partial charge < -0.3 is 14.9 Å². The van der Waals surface area contributed by atoms with E-state index in [1.54, 1.807) is 50.2 Å². The number of hydrogen-bond acceptors (Lipinski definition) is 5. The molecule has 8 nitrogen and oxygen atoms in total. The number of rotatable bonds is 10.